The summed E-state index contributed by atoms with van der Waals surface area (Å²) in [6, 6.07) is 2.33. The fourth-order valence-corrected chi connectivity index (χ4v) is 3.37. The molecule has 0 aliphatic carbocycles. The van der Waals surface area contributed by atoms with Crippen molar-refractivity contribution < 1.29 is 33.3 Å². The molecule has 1 fully saturated rings. The van der Waals surface area contributed by atoms with E-state index in [2.05, 4.69) is 4.74 Å². The van der Waals surface area contributed by atoms with Gasteiger partial charge in [-0.15, -0.1) is 0 Å². The van der Waals surface area contributed by atoms with Crippen LogP contribution in [0.2, 0.25) is 0 Å². The summed E-state index contributed by atoms with van der Waals surface area (Å²) in [5.74, 6) is -0.0496. The van der Waals surface area contributed by atoms with Crippen molar-refractivity contribution in [3.05, 3.63) is 22.6 Å². The van der Waals surface area contributed by atoms with E-state index in [1.165, 1.54) is 41.4 Å². The first-order valence-corrected chi connectivity index (χ1v) is 8.35. The van der Waals surface area contributed by atoms with Gasteiger partial charge in [-0.2, -0.15) is 0 Å². The van der Waals surface area contributed by atoms with Gasteiger partial charge in [0.1, 0.15) is 6.04 Å². The quantitative estimate of drug-likeness (QED) is 0.548. The Balaban J connectivity index is 2.44. The molecule has 2 amide bonds. The van der Waals surface area contributed by atoms with Gasteiger partial charge in [-0.05, 0) is 36.9 Å². The second-order valence-electron chi connectivity index (χ2n) is 5.17. The summed E-state index contributed by atoms with van der Waals surface area (Å²) in [5, 5.41) is -0.543. The van der Waals surface area contributed by atoms with Crippen molar-refractivity contribution in [2.24, 2.45) is 0 Å². The molecule has 0 saturated carbocycles. The zero-order valence-electron chi connectivity index (χ0n) is 15.0. The maximum Gasteiger partial charge on any atom is 0.328 e. The second kappa shape index (κ2) is 8.13. The van der Waals surface area contributed by atoms with Gasteiger partial charge in [0.15, 0.2) is 11.5 Å². The van der Waals surface area contributed by atoms with Crippen molar-refractivity contribution in [2.45, 2.75) is 13.0 Å². The minimum absolute atomic E-state index is 0.163. The maximum absolute atomic E-state index is 12.6. The molecular weight excluding hydrogens is 362 g/mol. The molecule has 0 aromatic heterocycles. The maximum atomic E-state index is 12.6. The SMILES string of the molecule is COC(=O)[C@@H](C)N1C(=O)SC(=Cc2ccc(OC)c(OC)c2OC)C1=O. The number of carbonyl (C=O) groups excluding carboxylic acids is 3. The lowest BCUT2D eigenvalue weighted by Crippen LogP contribution is -2.42. The summed E-state index contributed by atoms with van der Waals surface area (Å²) in [6.07, 6.45) is 1.51. The van der Waals surface area contributed by atoms with Gasteiger partial charge in [0.05, 0.1) is 33.3 Å². The van der Waals surface area contributed by atoms with Gasteiger partial charge in [-0.3, -0.25) is 14.5 Å². The lowest BCUT2D eigenvalue weighted by Gasteiger charge is -2.18. The predicted octanol–water partition coefficient (Wildman–Crippen LogP) is 2.31. The van der Waals surface area contributed by atoms with Crippen LogP contribution in [-0.2, 0) is 14.3 Å². The van der Waals surface area contributed by atoms with E-state index in [0.717, 1.165) is 16.7 Å². The Morgan fingerprint density at radius 3 is 2.27 bits per heavy atom. The van der Waals surface area contributed by atoms with Gasteiger partial charge in [-0.1, -0.05) is 0 Å². The van der Waals surface area contributed by atoms with Crippen molar-refractivity contribution >= 4 is 35.0 Å². The van der Waals surface area contributed by atoms with Crippen molar-refractivity contribution in [3.8, 4) is 17.2 Å². The van der Waals surface area contributed by atoms with E-state index in [1.54, 1.807) is 12.1 Å². The first-order chi connectivity index (χ1) is 12.4. The Hall–Kier alpha value is -2.68. The van der Waals surface area contributed by atoms with Crippen molar-refractivity contribution in [1.82, 2.24) is 4.90 Å². The van der Waals surface area contributed by atoms with Crippen LogP contribution in [0.25, 0.3) is 6.08 Å². The van der Waals surface area contributed by atoms with Crippen molar-refractivity contribution in [2.75, 3.05) is 28.4 Å². The number of ether oxygens (including phenoxy) is 4. The molecule has 1 aliphatic heterocycles. The molecule has 0 radical (unpaired) electrons. The van der Waals surface area contributed by atoms with Crippen molar-refractivity contribution in [1.29, 1.82) is 0 Å². The molecule has 1 aromatic carbocycles. The van der Waals surface area contributed by atoms with E-state index < -0.39 is 23.2 Å². The van der Waals surface area contributed by atoms with Gasteiger partial charge in [0, 0.05) is 5.56 Å². The third kappa shape index (κ3) is 3.48. The molecule has 140 valence electrons. The molecule has 26 heavy (non-hydrogen) atoms. The van der Waals surface area contributed by atoms with Crippen LogP contribution in [0.5, 0.6) is 17.2 Å². The molecule has 0 N–H and O–H groups in total. The van der Waals surface area contributed by atoms with Gasteiger partial charge in [0.2, 0.25) is 5.75 Å². The molecule has 9 heteroatoms. The Morgan fingerprint density at radius 1 is 1.08 bits per heavy atom. The predicted molar refractivity (Wildman–Crippen MR) is 95.4 cm³/mol. The number of carbonyl (C=O) groups is 3. The average molecular weight is 381 g/mol. The fourth-order valence-electron chi connectivity index (χ4n) is 2.47. The molecule has 8 nitrogen and oxygen atoms in total. The van der Waals surface area contributed by atoms with Gasteiger partial charge in [-0.25, -0.2) is 4.79 Å². The number of rotatable bonds is 6. The van der Waals surface area contributed by atoms with Crippen LogP contribution in [0.1, 0.15) is 12.5 Å². The van der Waals surface area contributed by atoms with E-state index in [-0.39, 0.29) is 4.91 Å². The number of esters is 1. The normalized spacial score (nSPS) is 16.7. The number of hydrogen-bond donors (Lipinski definition) is 0. The molecule has 2 rings (SSSR count). The molecule has 0 unspecified atom stereocenters. The summed E-state index contributed by atoms with van der Waals surface area (Å²) >= 11 is 0.739. The lowest BCUT2D eigenvalue weighted by molar-refractivity contribution is -0.148. The first kappa shape index (κ1) is 19.6. The third-order valence-electron chi connectivity index (χ3n) is 3.77. The second-order valence-corrected chi connectivity index (χ2v) is 6.17. The molecule has 1 atom stereocenters. The van der Waals surface area contributed by atoms with Crippen molar-refractivity contribution in [3.63, 3.8) is 0 Å². The van der Waals surface area contributed by atoms with E-state index >= 15 is 0 Å². The largest absolute Gasteiger partial charge is 0.493 e. The van der Waals surface area contributed by atoms with Crippen LogP contribution in [0.4, 0.5) is 4.79 Å². The monoisotopic (exact) mass is 381 g/mol. The van der Waals surface area contributed by atoms with Crippen LogP contribution in [0.3, 0.4) is 0 Å². The van der Waals surface area contributed by atoms with Crippen LogP contribution < -0.4 is 14.2 Å². The third-order valence-corrected chi connectivity index (χ3v) is 4.66. The highest BCUT2D eigenvalue weighted by Crippen LogP contribution is 2.42. The molecule has 0 bridgehead atoms. The molecule has 1 aliphatic rings. The smallest absolute Gasteiger partial charge is 0.328 e. The van der Waals surface area contributed by atoms with E-state index in [4.69, 9.17) is 14.2 Å². The molecule has 1 saturated heterocycles. The molecular formula is C17H19NO7S. The minimum atomic E-state index is -1.01. The van der Waals surface area contributed by atoms with Gasteiger partial charge >= 0.3 is 5.97 Å². The summed E-state index contributed by atoms with van der Waals surface area (Å²) in [4.78, 5) is 37.4. The van der Waals surface area contributed by atoms with E-state index in [0.29, 0.717) is 22.8 Å². The summed E-state index contributed by atoms with van der Waals surface area (Å²) in [6.45, 7) is 1.43. The van der Waals surface area contributed by atoms with E-state index in [1.807, 2.05) is 0 Å². The fraction of sp³-hybridized carbons (Fsp3) is 0.353. The Bertz CT molecular complexity index is 775. The van der Waals surface area contributed by atoms with Crippen LogP contribution in [-0.4, -0.2) is 56.5 Å². The highest BCUT2D eigenvalue weighted by molar-refractivity contribution is 8.18. The zero-order chi connectivity index (χ0) is 19.4. The summed E-state index contributed by atoms with van der Waals surface area (Å²) in [7, 11) is 5.62. The number of methoxy groups -OCH3 is 4. The highest BCUT2D eigenvalue weighted by Gasteiger charge is 2.41. The summed E-state index contributed by atoms with van der Waals surface area (Å²) in [5.41, 5.74) is 0.529. The number of amides is 2. The first-order valence-electron chi connectivity index (χ1n) is 7.53. The lowest BCUT2D eigenvalue weighted by atomic mass is 10.1. The molecule has 1 heterocycles. The van der Waals surface area contributed by atoms with Crippen LogP contribution in [0, 0.1) is 0 Å². The van der Waals surface area contributed by atoms with E-state index in [9.17, 15) is 14.4 Å². The number of benzene rings is 1. The van der Waals surface area contributed by atoms with Gasteiger partial charge < -0.3 is 18.9 Å². The number of thioether (sulfide) groups is 1. The average Bonchev–Trinajstić information content (AvgIpc) is 2.92. The highest BCUT2D eigenvalue weighted by atomic mass is 32.2. The van der Waals surface area contributed by atoms with Crippen LogP contribution >= 0.6 is 11.8 Å². The van der Waals surface area contributed by atoms with Gasteiger partial charge in [0.25, 0.3) is 11.1 Å². The Kier molecular flexibility index (Phi) is 6.14. The minimum Gasteiger partial charge on any atom is -0.493 e. The summed E-state index contributed by atoms with van der Waals surface area (Å²) < 4.78 is 20.5. The number of imide groups is 1. The Labute approximate surface area is 155 Å². The van der Waals surface area contributed by atoms with Crippen LogP contribution in [0.15, 0.2) is 17.0 Å². The number of nitrogens with zero attached hydrogens (tertiary/aromatic N) is 1. The standard InChI is InChI=1S/C17H19NO7S/c1-9(16(20)25-5)18-15(19)12(26-17(18)21)8-10-6-7-11(22-2)14(24-4)13(10)23-3/h6-9H,1-5H3/t9-/m1/s1. The number of hydrogen-bond acceptors (Lipinski definition) is 8. The molecule has 0 spiro atoms. The topological polar surface area (TPSA) is 91.4 Å². The Morgan fingerprint density at radius 2 is 1.73 bits per heavy atom. The zero-order valence-corrected chi connectivity index (χ0v) is 15.8. The molecule has 1 aromatic rings.